The molecule has 0 heterocycles. The molecule has 0 N–H and O–H groups in total. The first-order valence-corrected chi connectivity index (χ1v) is 9.95. The van der Waals surface area contributed by atoms with Gasteiger partial charge in [0.25, 0.3) is 0 Å². The number of rotatable bonds is 6. The summed E-state index contributed by atoms with van der Waals surface area (Å²) in [4.78, 5) is 2.62. The van der Waals surface area contributed by atoms with Crippen molar-refractivity contribution in [3.05, 3.63) is 65.7 Å². The molecule has 0 saturated heterocycles. The molecule has 2 aromatic rings. The van der Waals surface area contributed by atoms with Crippen LogP contribution in [0.1, 0.15) is 86.3 Å². The molecule has 1 fully saturated rings. The van der Waals surface area contributed by atoms with Crippen molar-refractivity contribution in [3.63, 3.8) is 0 Å². The van der Waals surface area contributed by atoms with Gasteiger partial charge in [0.2, 0.25) is 0 Å². The minimum Gasteiger partial charge on any atom is -0.497 e. The fourth-order valence-corrected chi connectivity index (χ4v) is 3.23. The van der Waals surface area contributed by atoms with Crippen LogP contribution in [0, 0.1) is 0 Å². The molecule has 0 atom stereocenters. The van der Waals surface area contributed by atoms with Crippen LogP contribution in [-0.2, 0) is 39.3 Å². The monoisotopic (exact) mass is 490 g/mol. The van der Waals surface area contributed by atoms with Crippen molar-refractivity contribution in [2.24, 2.45) is 0 Å². The average molecular weight is 491 g/mol. The van der Waals surface area contributed by atoms with Crippen LogP contribution in [0.5, 0.6) is 5.75 Å². The van der Waals surface area contributed by atoms with Crippen LogP contribution in [0.3, 0.4) is 0 Å². The summed E-state index contributed by atoms with van der Waals surface area (Å²) in [7, 11) is 1.71. The number of hydrogen-bond acceptors (Lipinski definition) is 2. The van der Waals surface area contributed by atoms with Gasteiger partial charge >= 0.3 is 0 Å². The third-order valence-corrected chi connectivity index (χ3v) is 5.20. The van der Waals surface area contributed by atoms with Crippen molar-refractivity contribution in [1.29, 1.82) is 0 Å². The van der Waals surface area contributed by atoms with Crippen LogP contribution in [-0.4, -0.2) is 24.1 Å². The number of nitrogens with zero attached hydrogens (tertiary/aromatic N) is 1. The van der Waals surface area contributed by atoms with Gasteiger partial charge in [-0.2, -0.15) is 0 Å². The summed E-state index contributed by atoms with van der Waals surface area (Å²) < 4.78 is 5.19. The van der Waals surface area contributed by atoms with Gasteiger partial charge in [0.05, 0.1) is 7.11 Å². The van der Waals surface area contributed by atoms with Crippen LogP contribution < -0.4 is 4.74 Å². The van der Waals surface area contributed by atoms with Crippen LogP contribution in [0.25, 0.3) is 0 Å². The van der Waals surface area contributed by atoms with E-state index in [1.54, 1.807) is 7.11 Å². The summed E-state index contributed by atoms with van der Waals surface area (Å²) in [5.74, 6) is 1.60. The Kier molecular flexibility index (Phi) is 20.3. The summed E-state index contributed by atoms with van der Waals surface area (Å²) in [6.45, 7) is 10.1. The van der Waals surface area contributed by atoms with Gasteiger partial charge < -0.3 is 4.74 Å². The molecule has 169 valence electrons. The van der Waals surface area contributed by atoms with Crippen molar-refractivity contribution < 1.29 is 37.4 Å². The van der Waals surface area contributed by atoms with E-state index in [9.17, 15) is 0 Å². The Hall–Kier alpha value is -0.696. The Morgan fingerprint density at radius 2 is 1.40 bits per heavy atom. The maximum Gasteiger partial charge on any atom is 0.118 e. The van der Waals surface area contributed by atoms with E-state index in [0.29, 0.717) is 12.0 Å². The van der Waals surface area contributed by atoms with Crippen molar-refractivity contribution in [2.75, 3.05) is 7.11 Å². The summed E-state index contributed by atoms with van der Waals surface area (Å²) in [5.41, 5.74) is 2.80. The van der Waals surface area contributed by atoms with E-state index in [4.69, 9.17) is 4.74 Å². The Balaban J connectivity index is -0.000000490. The predicted octanol–water partition coefficient (Wildman–Crippen LogP) is 8.17. The maximum atomic E-state index is 5.19. The molecule has 2 aromatic carbocycles. The van der Waals surface area contributed by atoms with E-state index in [1.165, 1.54) is 30.4 Å². The smallest absolute Gasteiger partial charge is 0.118 e. The molecule has 2 nitrogen and oxygen atoms in total. The molecule has 0 amide bonds. The van der Waals surface area contributed by atoms with Crippen molar-refractivity contribution in [1.82, 2.24) is 4.90 Å². The molecule has 30 heavy (non-hydrogen) atoms. The first-order valence-electron chi connectivity index (χ1n) is 9.95. The van der Waals surface area contributed by atoms with Gasteiger partial charge in [0.1, 0.15) is 5.75 Å². The number of ether oxygens (including phenoxy) is 1. The molecule has 3 rings (SSSR count). The first kappa shape index (κ1) is 33.9. The molecule has 0 aliphatic heterocycles. The molecule has 0 bridgehead atoms. The minimum absolute atomic E-state index is 0. The second kappa shape index (κ2) is 17.9. The number of benzene rings is 2. The molecule has 3 heteroatoms. The molecule has 0 spiro atoms. The Morgan fingerprint density at radius 1 is 0.867 bits per heavy atom. The zero-order valence-corrected chi connectivity index (χ0v) is 20.5. The zero-order valence-electron chi connectivity index (χ0n) is 17.7. The Labute approximate surface area is 213 Å². The third kappa shape index (κ3) is 11.1. The normalized spacial score (nSPS) is 12.3. The molecule has 1 radical (unpaired) electrons. The maximum absolute atomic E-state index is 5.19. The van der Waals surface area contributed by atoms with Gasteiger partial charge in [-0.1, -0.05) is 85.0 Å². The van der Waals surface area contributed by atoms with Gasteiger partial charge in [0.15, 0.2) is 0 Å². The molecule has 0 aromatic heterocycles. The standard InChI is InChI=1S/C15H23NO.C9H12.3CH4.Y/c1-12(2)16(14-5-4-6-14)11-13-7-9-15(17-3)10-8-13;1-8(2)9-6-4-3-5-7-9;;;;/h7-10,12,14H,4-6,11H2,1-3H3;3-8H,1-2H3;3*1H4;. The minimum atomic E-state index is 0. The largest absolute Gasteiger partial charge is 0.497 e. The van der Waals surface area contributed by atoms with Crippen LogP contribution >= 0.6 is 0 Å². The topological polar surface area (TPSA) is 12.5 Å². The van der Waals surface area contributed by atoms with Crippen LogP contribution in [0.15, 0.2) is 54.6 Å². The second-order valence-electron chi connectivity index (χ2n) is 7.76. The predicted molar refractivity (Wildman–Crippen MR) is 132 cm³/mol. The van der Waals surface area contributed by atoms with Crippen LogP contribution in [0.2, 0.25) is 0 Å². The Bertz CT molecular complexity index is 621. The van der Waals surface area contributed by atoms with E-state index in [2.05, 4.69) is 81.1 Å². The van der Waals surface area contributed by atoms with Crippen molar-refractivity contribution >= 4 is 0 Å². The molecular formula is C27H47NOY. The molecule has 1 saturated carbocycles. The van der Waals surface area contributed by atoms with Crippen molar-refractivity contribution in [3.8, 4) is 5.75 Å². The summed E-state index contributed by atoms with van der Waals surface area (Å²) >= 11 is 0. The molecule has 1 aliphatic carbocycles. The zero-order chi connectivity index (χ0) is 18.9. The number of hydrogen-bond donors (Lipinski definition) is 0. The van der Waals surface area contributed by atoms with Gasteiger partial charge in [-0.05, 0) is 55.9 Å². The van der Waals surface area contributed by atoms with E-state index in [1.807, 2.05) is 6.07 Å². The number of methoxy groups -OCH3 is 1. The molecule has 0 unspecified atom stereocenters. The van der Waals surface area contributed by atoms with Crippen molar-refractivity contribution in [2.45, 2.75) is 93.8 Å². The average Bonchev–Trinajstić information content (AvgIpc) is 2.61. The van der Waals surface area contributed by atoms with E-state index < -0.39 is 0 Å². The third-order valence-electron chi connectivity index (χ3n) is 5.20. The molecular weight excluding hydrogens is 443 g/mol. The van der Waals surface area contributed by atoms with E-state index in [0.717, 1.165) is 18.3 Å². The first-order chi connectivity index (χ1) is 12.5. The summed E-state index contributed by atoms with van der Waals surface area (Å²) in [5, 5.41) is 0. The van der Waals surface area contributed by atoms with E-state index in [-0.39, 0.29) is 55.0 Å². The fourth-order valence-electron chi connectivity index (χ4n) is 3.23. The van der Waals surface area contributed by atoms with Gasteiger partial charge in [-0.25, -0.2) is 0 Å². The Morgan fingerprint density at radius 3 is 1.73 bits per heavy atom. The van der Waals surface area contributed by atoms with Gasteiger partial charge in [0, 0.05) is 51.3 Å². The van der Waals surface area contributed by atoms with Gasteiger partial charge in [-0.3, -0.25) is 4.90 Å². The summed E-state index contributed by atoms with van der Waals surface area (Å²) in [6, 6.07) is 20.4. The fraction of sp³-hybridized carbons (Fsp3) is 0.556. The SMILES string of the molecule is C.C.C.CC(C)c1ccccc1.COc1ccc(CN(C(C)C)C2CCC2)cc1.[Y]. The quantitative estimate of drug-likeness (QED) is 0.405. The van der Waals surface area contributed by atoms with E-state index >= 15 is 0 Å². The van der Waals surface area contributed by atoms with Crippen LogP contribution in [0.4, 0.5) is 0 Å². The van der Waals surface area contributed by atoms with Gasteiger partial charge in [-0.15, -0.1) is 0 Å². The summed E-state index contributed by atoms with van der Waals surface area (Å²) in [6.07, 6.45) is 4.14. The molecule has 1 aliphatic rings. The second-order valence-corrected chi connectivity index (χ2v) is 7.76.